The van der Waals surface area contributed by atoms with E-state index in [2.05, 4.69) is 10.6 Å². The number of carbonyl (C=O) groups is 2. The number of aliphatic carboxylic acids is 1. The zero-order valence-corrected chi connectivity index (χ0v) is 9.98. The average molecular weight is 251 g/mol. The molecule has 0 heterocycles. The van der Waals surface area contributed by atoms with Crippen molar-refractivity contribution in [3.05, 3.63) is 29.8 Å². The van der Waals surface area contributed by atoms with Gasteiger partial charge in [-0.05, 0) is 24.1 Å². The minimum Gasteiger partial charge on any atom is -0.481 e. The van der Waals surface area contributed by atoms with Crippen LogP contribution in [0, 0.1) is 0 Å². The van der Waals surface area contributed by atoms with Crippen molar-refractivity contribution in [3.63, 3.8) is 0 Å². The van der Waals surface area contributed by atoms with Crippen molar-refractivity contribution in [2.45, 2.75) is 12.8 Å². The van der Waals surface area contributed by atoms with Gasteiger partial charge in [0.25, 0.3) is 0 Å². The summed E-state index contributed by atoms with van der Waals surface area (Å²) >= 11 is 0. The van der Waals surface area contributed by atoms with Gasteiger partial charge in [0.05, 0.1) is 0 Å². The van der Waals surface area contributed by atoms with Gasteiger partial charge in [-0.15, -0.1) is 0 Å². The molecule has 0 aliphatic heterocycles. The molecule has 18 heavy (non-hydrogen) atoms. The summed E-state index contributed by atoms with van der Waals surface area (Å²) in [6, 6.07) is 6.77. The van der Waals surface area contributed by atoms with E-state index in [0.29, 0.717) is 25.2 Å². The van der Waals surface area contributed by atoms with Crippen LogP contribution in [-0.4, -0.2) is 30.2 Å². The lowest BCUT2D eigenvalue weighted by atomic mass is 10.1. The Morgan fingerprint density at radius 2 is 2.11 bits per heavy atom. The van der Waals surface area contributed by atoms with E-state index in [4.69, 9.17) is 10.8 Å². The van der Waals surface area contributed by atoms with Crippen molar-refractivity contribution < 1.29 is 14.7 Å². The molecule has 6 heteroatoms. The molecule has 0 radical (unpaired) electrons. The predicted molar refractivity (Wildman–Crippen MR) is 68.5 cm³/mol. The third kappa shape index (κ3) is 5.31. The number of carboxylic acids is 1. The summed E-state index contributed by atoms with van der Waals surface area (Å²) in [5.74, 6) is -0.839. The summed E-state index contributed by atoms with van der Waals surface area (Å²) in [6.07, 6.45) is 0.512. The van der Waals surface area contributed by atoms with E-state index in [0.717, 1.165) is 5.56 Å². The highest BCUT2D eigenvalue weighted by Gasteiger charge is 2.03. The lowest BCUT2D eigenvalue weighted by molar-refractivity contribution is -0.136. The molecule has 0 aliphatic rings. The fourth-order valence-corrected chi connectivity index (χ4v) is 1.42. The molecule has 0 spiro atoms. The van der Waals surface area contributed by atoms with Crippen molar-refractivity contribution in [3.8, 4) is 0 Å². The Bertz CT molecular complexity index is 421. The highest BCUT2D eigenvalue weighted by Crippen LogP contribution is 2.12. The number of nitrogens with one attached hydrogen (secondary N) is 2. The van der Waals surface area contributed by atoms with Crippen LogP contribution in [0.5, 0.6) is 0 Å². The molecular formula is C12H17N3O3. The molecule has 1 aromatic rings. The van der Waals surface area contributed by atoms with Gasteiger partial charge in [-0.25, -0.2) is 4.79 Å². The largest absolute Gasteiger partial charge is 0.481 e. The Balaban J connectivity index is 2.53. The van der Waals surface area contributed by atoms with Crippen LogP contribution in [0.25, 0.3) is 0 Å². The summed E-state index contributed by atoms with van der Waals surface area (Å²) in [7, 11) is 0. The highest BCUT2D eigenvalue weighted by atomic mass is 16.4. The Hall–Kier alpha value is -2.08. The van der Waals surface area contributed by atoms with Gasteiger partial charge in [-0.2, -0.15) is 0 Å². The van der Waals surface area contributed by atoms with Gasteiger partial charge in [-0.1, -0.05) is 12.1 Å². The summed E-state index contributed by atoms with van der Waals surface area (Å²) < 4.78 is 0. The van der Waals surface area contributed by atoms with Gasteiger partial charge in [-0.3, -0.25) is 4.79 Å². The van der Waals surface area contributed by atoms with E-state index in [1.54, 1.807) is 18.2 Å². The van der Waals surface area contributed by atoms with Crippen LogP contribution in [0.1, 0.15) is 12.0 Å². The number of rotatable bonds is 6. The molecule has 1 aromatic carbocycles. The molecule has 0 aromatic heterocycles. The van der Waals surface area contributed by atoms with E-state index >= 15 is 0 Å². The number of urea groups is 1. The quantitative estimate of drug-likeness (QED) is 0.599. The van der Waals surface area contributed by atoms with Gasteiger partial charge >= 0.3 is 12.0 Å². The molecule has 1 rings (SSSR count). The van der Waals surface area contributed by atoms with Crippen LogP contribution in [0.3, 0.4) is 0 Å². The fourth-order valence-electron chi connectivity index (χ4n) is 1.42. The number of amides is 2. The molecule has 0 bridgehead atoms. The van der Waals surface area contributed by atoms with Crippen LogP contribution in [0.15, 0.2) is 24.3 Å². The van der Waals surface area contributed by atoms with Crippen molar-refractivity contribution in [1.82, 2.24) is 5.32 Å². The minimum atomic E-state index is -0.839. The second-order valence-corrected chi connectivity index (χ2v) is 3.76. The molecular weight excluding hydrogens is 234 g/mol. The first-order chi connectivity index (χ1) is 8.61. The number of anilines is 1. The number of hydrogen-bond donors (Lipinski definition) is 4. The van der Waals surface area contributed by atoms with Gasteiger partial charge in [0.1, 0.15) is 0 Å². The summed E-state index contributed by atoms with van der Waals surface area (Å²) in [4.78, 5) is 21.8. The maximum absolute atomic E-state index is 11.4. The summed E-state index contributed by atoms with van der Waals surface area (Å²) in [6.45, 7) is 0.788. The number of carboxylic acid groups (broad SMARTS) is 1. The van der Waals surface area contributed by atoms with Crippen molar-refractivity contribution >= 4 is 17.7 Å². The Kier molecular flexibility index (Phi) is 5.66. The molecule has 0 fully saturated rings. The van der Waals surface area contributed by atoms with Gasteiger partial charge in [0, 0.05) is 25.2 Å². The van der Waals surface area contributed by atoms with E-state index in [9.17, 15) is 9.59 Å². The van der Waals surface area contributed by atoms with Crippen LogP contribution < -0.4 is 16.4 Å². The maximum atomic E-state index is 11.4. The number of carbonyl (C=O) groups excluding carboxylic acids is 1. The molecule has 5 N–H and O–H groups in total. The molecule has 98 valence electrons. The monoisotopic (exact) mass is 251 g/mol. The first-order valence-electron chi connectivity index (χ1n) is 5.67. The third-order valence-electron chi connectivity index (χ3n) is 2.24. The fraction of sp³-hybridized carbons (Fsp3) is 0.333. The Labute approximate surface area is 105 Å². The minimum absolute atomic E-state index is 0.0722. The van der Waals surface area contributed by atoms with Gasteiger partial charge in [0.2, 0.25) is 0 Å². The van der Waals surface area contributed by atoms with E-state index in [1.165, 1.54) is 0 Å². The van der Waals surface area contributed by atoms with Crippen LogP contribution >= 0.6 is 0 Å². The molecule has 0 unspecified atom stereocenters. The van der Waals surface area contributed by atoms with E-state index in [1.807, 2.05) is 6.07 Å². The Morgan fingerprint density at radius 1 is 1.33 bits per heavy atom. The summed E-state index contributed by atoms with van der Waals surface area (Å²) in [5, 5.41) is 13.8. The number of aryl methyl sites for hydroxylation is 1. The molecule has 0 atom stereocenters. The maximum Gasteiger partial charge on any atom is 0.319 e. The average Bonchev–Trinajstić information content (AvgIpc) is 2.34. The topological polar surface area (TPSA) is 104 Å². The molecule has 6 nitrogen and oxygen atoms in total. The number of nitrogens with two attached hydrogens (primary N) is 1. The predicted octanol–water partition coefficient (Wildman–Crippen LogP) is 0.784. The number of benzene rings is 1. The second kappa shape index (κ2) is 7.29. The zero-order valence-electron chi connectivity index (χ0n) is 9.98. The molecule has 2 amide bonds. The summed E-state index contributed by atoms with van der Waals surface area (Å²) in [5.41, 5.74) is 6.77. The van der Waals surface area contributed by atoms with Crippen molar-refractivity contribution in [2.75, 3.05) is 18.4 Å². The normalized spacial score (nSPS) is 9.83. The van der Waals surface area contributed by atoms with Crippen LogP contribution in [-0.2, 0) is 11.2 Å². The third-order valence-corrected chi connectivity index (χ3v) is 2.24. The van der Waals surface area contributed by atoms with Crippen molar-refractivity contribution in [2.24, 2.45) is 5.73 Å². The highest BCUT2D eigenvalue weighted by molar-refractivity contribution is 5.89. The first kappa shape index (κ1) is 14.0. The zero-order chi connectivity index (χ0) is 13.4. The van der Waals surface area contributed by atoms with Crippen LogP contribution in [0.4, 0.5) is 10.5 Å². The van der Waals surface area contributed by atoms with Gasteiger partial charge < -0.3 is 21.5 Å². The second-order valence-electron chi connectivity index (χ2n) is 3.76. The van der Waals surface area contributed by atoms with E-state index < -0.39 is 5.97 Å². The lowest BCUT2D eigenvalue weighted by Crippen LogP contribution is -2.32. The van der Waals surface area contributed by atoms with Crippen molar-refractivity contribution in [1.29, 1.82) is 0 Å². The first-order valence-corrected chi connectivity index (χ1v) is 5.67. The number of hydrogen-bond acceptors (Lipinski definition) is 3. The van der Waals surface area contributed by atoms with Gasteiger partial charge in [0.15, 0.2) is 0 Å². The van der Waals surface area contributed by atoms with E-state index in [-0.39, 0.29) is 12.5 Å². The smallest absolute Gasteiger partial charge is 0.319 e. The molecule has 0 saturated heterocycles. The molecule has 0 saturated carbocycles. The SMILES string of the molecule is NCCNC(=O)Nc1cccc(CCC(=O)O)c1. The molecule has 0 aliphatic carbocycles. The standard InChI is InChI=1S/C12H17N3O3/c13-6-7-14-12(18)15-10-3-1-2-9(8-10)4-5-11(16)17/h1-3,8H,4-7,13H2,(H,16,17)(H2,14,15,18). The van der Waals surface area contributed by atoms with Crippen LogP contribution in [0.2, 0.25) is 0 Å². The Morgan fingerprint density at radius 3 is 2.78 bits per heavy atom. The lowest BCUT2D eigenvalue weighted by Gasteiger charge is -2.08.